The molecule has 29 heavy (non-hydrogen) atoms. The molecule has 6 heteroatoms. The van der Waals surface area contributed by atoms with Gasteiger partial charge in [-0.25, -0.2) is 0 Å². The maximum atomic E-state index is 12.8. The lowest BCUT2D eigenvalue weighted by atomic mass is 9.72. The number of rotatable bonds is 2. The summed E-state index contributed by atoms with van der Waals surface area (Å²) in [4.78, 5) is 32.3. The molecule has 0 radical (unpaired) electrons. The fourth-order valence-electron chi connectivity index (χ4n) is 5.35. The van der Waals surface area contributed by atoms with E-state index in [0.717, 1.165) is 39.9 Å². The van der Waals surface area contributed by atoms with Crippen molar-refractivity contribution in [1.82, 2.24) is 9.88 Å². The number of carbonyl (C=O) groups is 2. The first kappa shape index (κ1) is 17.8. The SMILES string of the molecule is COc1ccc2c(c1)[C@@]1(c3cccc4[nH]ccc34)CCN(C(C)=O)[C@H]1N2C(C)=O. The second-order valence-electron chi connectivity index (χ2n) is 7.82. The number of methoxy groups -OCH3 is 1. The van der Waals surface area contributed by atoms with Gasteiger partial charge < -0.3 is 14.6 Å². The molecule has 3 heterocycles. The van der Waals surface area contributed by atoms with Gasteiger partial charge in [0.05, 0.1) is 18.2 Å². The number of hydrogen-bond acceptors (Lipinski definition) is 3. The van der Waals surface area contributed by atoms with Crippen molar-refractivity contribution in [2.24, 2.45) is 0 Å². The van der Waals surface area contributed by atoms with Crippen LogP contribution in [0, 0.1) is 0 Å². The zero-order valence-corrected chi connectivity index (χ0v) is 16.7. The summed E-state index contributed by atoms with van der Waals surface area (Å²) in [7, 11) is 1.65. The van der Waals surface area contributed by atoms with Crippen molar-refractivity contribution in [2.45, 2.75) is 31.8 Å². The largest absolute Gasteiger partial charge is 0.497 e. The van der Waals surface area contributed by atoms with E-state index in [1.165, 1.54) is 0 Å². The monoisotopic (exact) mass is 389 g/mol. The summed E-state index contributed by atoms with van der Waals surface area (Å²) in [5.41, 5.74) is 3.55. The fraction of sp³-hybridized carbons (Fsp3) is 0.304. The zero-order chi connectivity index (χ0) is 20.3. The molecule has 6 nitrogen and oxygen atoms in total. The van der Waals surface area contributed by atoms with E-state index in [0.29, 0.717) is 6.54 Å². The van der Waals surface area contributed by atoms with Crippen LogP contribution in [-0.4, -0.2) is 41.5 Å². The van der Waals surface area contributed by atoms with E-state index in [-0.39, 0.29) is 18.0 Å². The summed E-state index contributed by atoms with van der Waals surface area (Å²) in [6.07, 6.45) is 2.28. The molecule has 148 valence electrons. The number of fused-ring (bicyclic) bond motifs is 4. The third-order valence-corrected chi connectivity index (χ3v) is 6.49. The van der Waals surface area contributed by atoms with E-state index in [1.54, 1.807) is 25.9 Å². The molecule has 0 spiro atoms. The number of carbonyl (C=O) groups excluding carboxylic acids is 2. The van der Waals surface area contributed by atoms with Crippen LogP contribution >= 0.6 is 0 Å². The summed E-state index contributed by atoms with van der Waals surface area (Å²) in [5.74, 6) is 0.650. The van der Waals surface area contributed by atoms with Crippen molar-refractivity contribution in [3.8, 4) is 5.75 Å². The highest BCUT2D eigenvalue weighted by Gasteiger charge is 2.60. The van der Waals surface area contributed by atoms with Crippen molar-refractivity contribution >= 4 is 28.4 Å². The first-order valence-electron chi connectivity index (χ1n) is 9.81. The third-order valence-electron chi connectivity index (χ3n) is 6.49. The Morgan fingerprint density at radius 1 is 1.10 bits per heavy atom. The van der Waals surface area contributed by atoms with Crippen LogP contribution in [0.15, 0.2) is 48.7 Å². The smallest absolute Gasteiger partial charge is 0.225 e. The minimum absolute atomic E-state index is 0.0239. The number of H-pyrrole nitrogens is 1. The lowest BCUT2D eigenvalue weighted by Crippen LogP contribution is -2.53. The molecule has 1 fully saturated rings. The van der Waals surface area contributed by atoms with Gasteiger partial charge in [-0.1, -0.05) is 12.1 Å². The fourth-order valence-corrected chi connectivity index (χ4v) is 5.35. The van der Waals surface area contributed by atoms with Crippen molar-refractivity contribution < 1.29 is 14.3 Å². The Bertz CT molecular complexity index is 1150. The van der Waals surface area contributed by atoms with Gasteiger partial charge in [0.2, 0.25) is 11.8 Å². The van der Waals surface area contributed by atoms with Crippen LogP contribution in [0.3, 0.4) is 0 Å². The molecule has 0 unspecified atom stereocenters. The van der Waals surface area contributed by atoms with Gasteiger partial charge in [-0.2, -0.15) is 0 Å². The van der Waals surface area contributed by atoms with Crippen LogP contribution in [-0.2, 0) is 15.0 Å². The van der Waals surface area contributed by atoms with Crippen LogP contribution in [0.4, 0.5) is 5.69 Å². The standard InChI is InChI=1S/C23H23N3O3/c1-14(27)25-12-10-23(18-5-4-6-20-17(18)9-11-24-20)19-13-16(29-3)7-8-21(19)26(15(2)28)22(23)25/h4-9,11,13,22,24H,10,12H2,1-3H3/t22-,23-/m0/s1. The summed E-state index contributed by atoms with van der Waals surface area (Å²) < 4.78 is 5.52. The molecule has 0 bridgehead atoms. The predicted molar refractivity (Wildman–Crippen MR) is 111 cm³/mol. The van der Waals surface area contributed by atoms with E-state index in [1.807, 2.05) is 41.4 Å². The minimum Gasteiger partial charge on any atom is -0.497 e. The quantitative estimate of drug-likeness (QED) is 0.731. The number of aromatic amines is 1. The Kier molecular flexibility index (Phi) is 3.75. The van der Waals surface area contributed by atoms with E-state index >= 15 is 0 Å². The number of amides is 2. The van der Waals surface area contributed by atoms with Crippen LogP contribution in [0.25, 0.3) is 10.9 Å². The molecule has 2 atom stereocenters. The lowest BCUT2D eigenvalue weighted by Gasteiger charge is -2.37. The Morgan fingerprint density at radius 3 is 2.66 bits per heavy atom. The summed E-state index contributed by atoms with van der Waals surface area (Å²) in [5, 5.41) is 1.11. The molecule has 3 aromatic rings. The van der Waals surface area contributed by atoms with Gasteiger partial charge >= 0.3 is 0 Å². The lowest BCUT2D eigenvalue weighted by molar-refractivity contribution is -0.130. The molecule has 0 saturated carbocycles. The van der Waals surface area contributed by atoms with Crippen molar-refractivity contribution in [2.75, 3.05) is 18.6 Å². The number of nitrogens with one attached hydrogen (secondary N) is 1. The normalized spacial score (nSPS) is 22.7. The van der Waals surface area contributed by atoms with Crippen LogP contribution in [0.1, 0.15) is 31.4 Å². The number of likely N-dealkylation sites (tertiary alicyclic amines) is 1. The third kappa shape index (κ3) is 2.23. The molecule has 2 aromatic carbocycles. The molecule has 5 rings (SSSR count). The molecule has 2 aliphatic rings. The second-order valence-corrected chi connectivity index (χ2v) is 7.82. The highest BCUT2D eigenvalue weighted by atomic mass is 16.5. The predicted octanol–water partition coefficient (Wildman–Crippen LogP) is 3.41. The number of hydrogen-bond donors (Lipinski definition) is 1. The van der Waals surface area contributed by atoms with Gasteiger partial charge in [0, 0.05) is 37.5 Å². The number of aromatic nitrogens is 1. The van der Waals surface area contributed by atoms with Crippen molar-refractivity contribution in [3.63, 3.8) is 0 Å². The summed E-state index contributed by atoms with van der Waals surface area (Å²) >= 11 is 0. The molecule has 1 N–H and O–H groups in total. The van der Waals surface area contributed by atoms with Gasteiger partial charge in [-0.3, -0.25) is 14.5 Å². The van der Waals surface area contributed by atoms with Gasteiger partial charge in [-0.05, 0) is 47.9 Å². The van der Waals surface area contributed by atoms with Gasteiger partial charge in [0.15, 0.2) is 0 Å². The maximum Gasteiger partial charge on any atom is 0.225 e. The zero-order valence-electron chi connectivity index (χ0n) is 16.7. The van der Waals surface area contributed by atoms with E-state index in [4.69, 9.17) is 4.74 Å². The topological polar surface area (TPSA) is 65.6 Å². The first-order valence-corrected chi connectivity index (χ1v) is 9.81. The Hall–Kier alpha value is -3.28. The van der Waals surface area contributed by atoms with Crippen LogP contribution in [0.5, 0.6) is 5.75 Å². The van der Waals surface area contributed by atoms with Crippen molar-refractivity contribution in [3.05, 3.63) is 59.8 Å². The molecule has 1 aromatic heterocycles. The molecule has 1 saturated heterocycles. The van der Waals surface area contributed by atoms with Gasteiger partial charge in [0.25, 0.3) is 0 Å². The molecular weight excluding hydrogens is 366 g/mol. The Balaban J connectivity index is 1.87. The molecular formula is C23H23N3O3. The average Bonchev–Trinajstić information content (AvgIpc) is 3.39. The summed E-state index contributed by atoms with van der Waals surface area (Å²) in [6, 6.07) is 14.1. The van der Waals surface area contributed by atoms with Crippen molar-refractivity contribution in [1.29, 1.82) is 0 Å². The van der Waals surface area contributed by atoms with E-state index < -0.39 is 5.41 Å². The minimum atomic E-state index is -0.511. The van der Waals surface area contributed by atoms with Gasteiger partial charge in [-0.15, -0.1) is 0 Å². The first-order chi connectivity index (χ1) is 14.0. The number of benzene rings is 2. The highest BCUT2D eigenvalue weighted by Crippen LogP contribution is 2.57. The number of nitrogens with zero attached hydrogens (tertiary/aromatic N) is 2. The second kappa shape index (κ2) is 6.11. The van der Waals surface area contributed by atoms with E-state index in [9.17, 15) is 9.59 Å². The Morgan fingerprint density at radius 2 is 1.93 bits per heavy atom. The number of anilines is 1. The van der Waals surface area contributed by atoms with Crippen LogP contribution in [0.2, 0.25) is 0 Å². The maximum absolute atomic E-state index is 12.8. The molecule has 2 amide bonds. The molecule has 0 aliphatic carbocycles. The molecule has 2 aliphatic heterocycles. The van der Waals surface area contributed by atoms with E-state index in [2.05, 4.69) is 17.1 Å². The van der Waals surface area contributed by atoms with Crippen LogP contribution < -0.4 is 9.64 Å². The van der Waals surface area contributed by atoms with Gasteiger partial charge in [0.1, 0.15) is 11.9 Å². The summed E-state index contributed by atoms with van der Waals surface area (Å²) in [6.45, 7) is 3.74. The highest BCUT2D eigenvalue weighted by molar-refractivity contribution is 5.99. The Labute approximate surface area is 169 Å². The number of ether oxygens (including phenoxy) is 1. The average molecular weight is 389 g/mol.